The Hall–Kier alpha value is -0.0800. The number of hydrogen-bond donors (Lipinski definition) is 0. The van der Waals surface area contributed by atoms with Gasteiger partial charge >= 0.3 is 0 Å². The molecular formula is C12H23NO. The highest BCUT2D eigenvalue weighted by Gasteiger charge is 2.33. The molecule has 0 aromatic carbocycles. The molecule has 0 aromatic rings. The molecule has 2 heteroatoms. The smallest absolute Gasteiger partial charge is 0.0572 e. The second-order valence-electron chi connectivity index (χ2n) is 4.89. The van der Waals surface area contributed by atoms with Gasteiger partial charge in [-0.3, -0.25) is 4.90 Å². The first kappa shape index (κ1) is 10.4. The summed E-state index contributed by atoms with van der Waals surface area (Å²) in [5, 5.41) is 0. The summed E-state index contributed by atoms with van der Waals surface area (Å²) < 4.78 is 5.39. The molecule has 0 atom stereocenters. The summed E-state index contributed by atoms with van der Waals surface area (Å²) in [6.45, 7) is 5.03. The topological polar surface area (TPSA) is 12.5 Å². The summed E-state index contributed by atoms with van der Waals surface area (Å²) in [6, 6.07) is 0.879. The fourth-order valence-electron chi connectivity index (χ4n) is 2.81. The molecule has 0 aromatic heterocycles. The molecule has 1 saturated heterocycles. The van der Waals surface area contributed by atoms with E-state index in [2.05, 4.69) is 11.8 Å². The average Bonchev–Trinajstić information content (AvgIpc) is 2.17. The Bertz CT molecular complexity index is 169. The van der Waals surface area contributed by atoms with Crippen LogP contribution in [-0.2, 0) is 4.74 Å². The lowest BCUT2D eigenvalue weighted by molar-refractivity contribution is -0.00361. The van der Waals surface area contributed by atoms with Crippen LogP contribution in [0.2, 0.25) is 0 Å². The monoisotopic (exact) mass is 197 g/mol. The lowest BCUT2D eigenvalue weighted by atomic mass is 9.87. The van der Waals surface area contributed by atoms with E-state index in [1.165, 1.54) is 45.2 Å². The highest BCUT2D eigenvalue weighted by molar-refractivity contribution is 4.87. The third-order valence-electron chi connectivity index (χ3n) is 4.06. The van der Waals surface area contributed by atoms with Crippen LogP contribution in [0.1, 0.15) is 39.0 Å². The van der Waals surface area contributed by atoms with Gasteiger partial charge in [-0.25, -0.2) is 0 Å². The number of ether oxygens (including phenoxy) is 1. The summed E-state index contributed by atoms with van der Waals surface area (Å²) in [4.78, 5) is 2.68. The van der Waals surface area contributed by atoms with E-state index in [4.69, 9.17) is 4.74 Å². The van der Waals surface area contributed by atoms with Crippen LogP contribution in [0.15, 0.2) is 0 Å². The molecule has 2 rings (SSSR count). The third kappa shape index (κ3) is 2.12. The van der Waals surface area contributed by atoms with Gasteiger partial charge in [-0.05, 0) is 31.6 Å². The fourth-order valence-corrected chi connectivity index (χ4v) is 2.81. The lowest BCUT2D eigenvalue weighted by Crippen LogP contribution is -2.53. The van der Waals surface area contributed by atoms with Crippen LogP contribution < -0.4 is 0 Å². The van der Waals surface area contributed by atoms with Gasteiger partial charge in [0.25, 0.3) is 0 Å². The zero-order chi connectivity index (χ0) is 9.97. The molecule has 0 amide bonds. The number of rotatable bonds is 3. The van der Waals surface area contributed by atoms with Gasteiger partial charge in [0.2, 0.25) is 0 Å². The average molecular weight is 197 g/mol. The molecular weight excluding hydrogens is 174 g/mol. The molecule has 0 N–H and O–H groups in total. The first-order valence-electron chi connectivity index (χ1n) is 6.10. The van der Waals surface area contributed by atoms with E-state index in [1.807, 2.05) is 7.11 Å². The van der Waals surface area contributed by atoms with Crippen molar-refractivity contribution in [3.05, 3.63) is 0 Å². The van der Waals surface area contributed by atoms with Crippen molar-refractivity contribution < 1.29 is 4.74 Å². The van der Waals surface area contributed by atoms with Crippen LogP contribution in [0, 0.1) is 5.92 Å². The minimum Gasteiger partial charge on any atom is -0.381 e. The Morgan fingerprint density at radius 1 is 1.14 bits per heavy atom. The van der Waals surface area contributed by atoms with Crippen molar-refractivity contribution in [1.29, 1.82) is 0 Å². The summed E-state index contributed by atoms with van der Waals surface area (Å²) >= 11 is 0. The zero-order valence-corrected chi connectivity index (χ0v) is 9.54. The molecule has 82 valence electrons. The van der Waals surface area contributed by atoms with E-state index in [1.54, 1.807) is 0 Å². The molecule has 1 heterocycles. The SMILES string of the molecule is CCC1CN(C2CCC(OC)CC2)C1. The molecule has 2 nitrogen and oxygen atoms in total. The number of likely N-dealkylation sites (tertiary alicyclic amines) is 1. The molecule has 1 aliphatic heterocycles. The lowest BCUT2D eigenvalue weighted by Gasteiger charge is -2.46. The summed E-state index contributed by atoms with van der Waals surface area (Å²) in [5.41, 5.74) is 0. The van der Waals surface area contributed by atoms with Crippen LogP contribution in [-0.4, -0.2) is 37.2 Å². The van der Waals surface area contributed by atoms with Gasteiger partial charge in [0.1, 0.15) is 0 Å². The van der Waals surface area contributed by atoms with E-state index < -0.39 is 0 Å². The Kier molecular flexibility index (Phi) is 3.45. The zero-order valence-electron chi connectivity index (χ0n) is 9.54. The van der Waals surface area contributed by atoms with Crippen molar-refractivity contribution in [1.82, 2.24) is 4.90 Å². The summed E-state index contributed by atoms with van der Waals surface area (Å²) in [7, 11) is 1.85. The van der Waals surface area contributed by atoms with Crippen molar-refractivity contribution in [3.8, 4) is 0 Å². The van der Waals surface area contributed by atoms with Crippen LogP contribution in [0.4, 0.5) is 0 Å². The van der Waals surface area contributed by atoms with Crippen molar-refractivity contribution >= 4 is 0 Å². The second-order valence-corrected chi connectivity index (χ2v) is 4.89. The van der Waals surface area contributed by atoms with E-state index in [-0.39, 0.29) is 0 Å². The van der Waals surface area contributed by atoms with Gasteiger partial charge in [-0.2, -0.15) is 0 Å². The van der Waals surface area contributed by atoms with Gasteiger partial charge in [0.05, 0.1) is 6.10 Å². The van der Waals surface area contributed by atoms with Gasteiger partial charge in [0, 0.05) is 26.2 Å². The normalized spacial score (nSPS) is 35.6. The third-order valence-corrected chi connectivity index (χ3v) is 4.06. The maximum Gasteiger partial charge on any atom is 0.0572 e. The minimum atomic E-state index is 0.550. The quantitative estimate of drug-likeness (QED) is 0.688. The summed E-state index contributed by atoms with van der Waals surface area (Å²) in [5.74, 6) is 0.996. The van der Waals surface area contributed by atoms with Gasteiger partial charge < -0.3 is 4.74 Å². The Balaban J connectivity index is 1.69. The number of methoxy groups -OCH3 is 1. The predicted octanol–water partition coefficient (Wildman–Crippen LogP) is 2.29. The Morgan fingerprint density at radius 3 is 2.29 bits per heavy atom. The molecule has 0 radical (unpaired) electrons. The van der Waals surface area contributed by atoms with E-state index >= 15 is 0 Å². The number of hydrogen-bond acceptors (Lipinski definition) is 2. The van der Waals surface area contributed by atoms with Gasteiger partial charge in [-0.15, -0.1) is 0 Å². The maximum absolute atomic E-state index is 5.39. The highest BCUT2D eigenvalue weighted by atomic mass is 16.5. The van der Waals surface area contributed by atoms with Crippen molar-refractivity contribution in [2.75, 3.05) is 20.2 Å². The molecule has 14 heavy (non-hydrogen) atoms. The van der Waals surface area contributed by atoms with Gasteiger partial charge in [-0.1, -0.05) is 13.3 Å². The molecule has 2 aliphatic rings. The standard InChI is InChI=1S/C12H23NO/c1-3-10-8-13(9-10)11-4-6-12(14-2)7-5-11/h10-12H,3-9H2,1-2H3. The predicted molar refractivity (Wildman–Crippen MR) is 58.4 cm³/mol. The summed E-state index contributed by atoms with van der Waals surface area (Å²) in [6.07, 6.45) is 7.17. The molecule has 2 fully saturated rings. The minimum absolute atomic E-state index is 0.550. The van der Waals surface area contributed by atoms with Crippen LogP contribution in [0.3, 0.4) is 0 Å². The van der Waals surface area contributed by atoms with Crippen LogP contribution >= 0.6 is 0 Å². The Labute approximate surface area is 87.6 Å². The molecule has 0 unspecified atom stereocenters. The van der Waals surface area contributed by atoms with Gasteiger partial charge in [0.15, 0.2) is 0 Å². The first-order valence-corrected chi connectivity index (χ1v) is 6.10. The molecule has 0 spiro atoms. The van der Waals surface area contributed by atoms with E-state index in [0.29, 0.717) is 6.10 Å². The van der Waals surface area contributed by atoms with E-state index in [0.717, 1.165) is 12.0 Å². The van der Waals surface area contributed by atoms with Crippen molar-refractivity contribution in [2.45, 2.75) is 51.2 Å². The highest BCUT2D eigenvalue weighted by Crippen LogP contribution is 2.30. The van der Waals surface area contributed by atoms with Crippen LogP contribution in [0.25, 0.3) is 0 Å². The first-order chi connectivity index (χ1) is 6.83. The molecule has 1 saturated carbocycles. The van der Waals surface area contributed by atoms with Crippen LogP contribution in [0.5, 0.6) is 0 Å². The fraction of sp³-hybridized carbons (Fsp3) is 1.00. The van der Waals surface area contributed by atoms with Crippen molar-refractivity contribution in [3.63, 3.8) is 0 Å². The van der Waals surface area contributed by atoms with Crippen molar-refractivity contribution in [2.24, 2.45) is 5.92 Å². The number of nitrogens with zero attached hydrogens (tertiary/aromatic N) is 1. The Morgan fingerprint density at radius 2 is 1.79 bits per heavy atom. The molecule has 0 bridgehead atoms. The largest absolute Gasteiger partial charge is 0.381 e. The van der Waals surface area contributed by atoms with E-state index in [9.17, 15) is 0 Å². The molecule has 1 aliphatic carbocycles. The second kappa shape index (κ2) is 4.63. The maximum atomic E-state index is 5.39.